The molecule has 1 aromatic heterocycles. The van der Waals surface area contributed by atoms with Gasteiger partial charge in [0.05, 0.1) is 12.2 Å². The molecule has 1 aromatic carbocycles. The predicted molar refractivity (Wildman–Crippen MR) is 118 cm³/mol. The molecule has 148 valence electrons. The third kappa shape index (κ3) is 6.43. The lowest BCUT2D eigenvalue weighted by atomic mass is 10.2. The molecule has 0 saturated carbocycles. The zero-order valence-electron chi connectivity index (χ0n) is 15.6. The van der Waals surface area contributed by atoms with Gasteiger partial charge in [-0.3, -0.25) is 9.78 Å². The van der Waals surface area contributed by atoms with Crippen LogP contribution < -0.4 is 0 Å². The van der Waals surface area contributed by atoms with E-state index in [1.165, 1.54) is 4.90 Å². The summed E-state index contributed by atoms with van der Waals surface area (Å²) in [6, 6.07) is 14.5. The SMILES string of the molecule is CN(CC(=O)CS(=O)(=O)CN(C)C(=S)c1ccccn1)C(=S)c1ccccc1. The van der Waals surface area contributed by atoms with Crippen molar-refractivity contribution in [2.75, 3.05) is 32.3 Å². The summed E-state index contributed by atoms with van der Waals surface area (Å²) >= 11 is 10.6. The highest BCUT2D eigenvalue weighted by molar-refractivity contribution is 7.92. The number of Topliss-reactive ketones (excluding diaryl/α,β-unsaturated/α-hetero) is 1. The molecule has 0 aliphatic carbocycles. The summed E-state index contributed by atoms with van der Waals surface area (Å²) in [5, 5.41) is 0. The summed E-state index contributed by atoms with van der Waals surface area (Å²) in [5.74, 6) is -1.37. The van der Waals surface area contributed by atoms with Crippen LogP contribution in [0.25, 0.3) is 0 Å². The van der Waals surface area contributed by atoms with Crippen molar-refractivity contribution >= 4 is 50.0 Å². The van der Waals surface area contributed by atoms with Crippen molar-refractivity contribution in [2.45, 2.75) is 0 Å². The summed E-state index contributed by atoms with van der Waals surface area (Å²) in [7, 11) is -0.444. The molecule has 0 amide bonds. The number of thiocarbonyl (C=S) groups is 2. The molecule has 2 rings (SSSR count). The Hall–Kier alpha value is -2.23. The van der Waals surface area contributed by atoms with Gasteiger partial charge in [-0.2, -0.15) is 0 Å². The Labute approximate surface area is 176 Å². The van der Waals surface area contributed by atoms with Crippen LogP contribution in [0.3, 0.4) is 0 Å². The van der Waals surface area contributed by atoms with E-state index in [0.29, 0.717) is 15.7 Å². The van der Waals surface area contributed by atoms with Gasteiger partial charge in [0, 0.05) is 25.9 Å². The number of ketones is 1. The fourth-order valence-corrected chi connectivity index (χ4v) is 4.37. The second kappa shape index (κ2) is 9.81. The van der Waals surface area contributed by atoms with E-state index in [9.17, 15) is 13.2 Å². The van der Waals surface area contributed by atoms with Crippen molar-refractivity contribution in [2.24, 2.45) is 0 Å². The molecule has 0 spiro atoms. The Kier molecular flexibility index (Phi) is 7.73. The molecular weight excluding hydrogens is 414 g/mol. The number of carbonyl (C=O) groups excluding carboxylic acids is 1. The van der Waals surface area contributed by atoms with E-state index in [2.05, 4.69) is 4.98 Å². The van der Waals surface area contributed by atoms with Gasteiger partial charge in [-0.25, -0.2) is 8.42 Å². The highest BCUT2D eigenvalue weighted by atomic mass is 32.2. The topological polar surface area (TPSA) is 70.6 Å². The molecule has 0 aliphatic heterocycles. The second-order valence-corrected chi connectivity index (χ2v) is 9.11. The van der Waals surface area contributed by atoms with Gasteiger partial charge in [0.2, 0.25) is 0 Å². The number of hydrogen-bond acceptors (Lipinski definition) is 6. The van der Waals surface area contributed by atoms with Crippen LogP contribution in [0.1, 0.15) is 11.3 Å². The van der Waals surface area contributed by atoms with Gasteiger partial charge in [-0.15, -0.1) is 0 Å². The molecule has 9 heteroatoms. The largest absolute Gasteiger partial charge is 0.358 e. The lowest BCUT2D eigenvalue weighted by Gasteiger charge is -2.21. The lowest BCUT2D eigenvalue weighted by molar-refractivity contribution is -0.116. The maximum absolute atomic E-state index is 12.4. The summed E-state index contributed by atoms with van der Waals surface area (Å²) in [5.41, 5.74) is 1.31. The maximum atomic E-state index is 12.4. The Morgan fingerprint density at radius 2 is 1.61 bits per heavy atom. The third-order valence-electron chi connectivity index (χ3n) is 3.78. The predicted octanol–water partition coefficient (Wildman–Crippen LogP) is 1.94. The molecule has 0 saturated heterocycles. The number of benzene rings is 1. The summed E-state index contributed by atoms with van der Waals surface area (Å²) in [6.45, 7) is -0.0820. The van der Waals surface area contributed by atoms with Gasteiger partial charge < -0.3 is 9.80 Å². The van der Waals surface area contributed by atoms with Crippen molar-refractivity contribution in [3.8, 4) is 0 Å². The summed E-state index contributed by atoms with van der Waals surface area (Å²) < 4.78 is 24.8. The minimum Gasteiger partial charge on any atom is -0.358 e. The van der Waals surface area contributed by atoms with Crippen molar-refractivity contribution in [3.63, 3.8) is 0 Å². The summed E-state index contributed by atoms with van der Waals surface area (Å²) in [6.07, 6.45) is 1.58. The zero-order valence-corrected chi connectivity index (χ0v) is 18.1. The van der Waals surface area contributed by atoms with Crippen molar-refractivity contribution in [1.29, 1.82) is 0 Å². The van der Waals surface area contributed by atoms with Gasteiger partial charge >= 0.3 is 0 Å². The zero-order chi connectivity index (χ0) is 20.7. The average Bonchev–Trinajstić information content (AvgIpc) is 2.67. The van der Waals surface area contributed by atoms with Crippen LogP contribution in [-0.2, 0) is 14.6 Å². The van der Waals surface area contributed by atoms with E-state index in [0.717, 1.165) is 5.56 Å². The number of hydrogen-bond donors (Lipinski definition) is 0. The highest BCUT2D eigenvalue weighted by Gasteiger charge is 2.22. The number of carbonyl (C=O) groups is 1. The van der Waals surface area contributed by atoms with Crippen LogP contribution in [0, 0.1) is 0 Å². The van der Waals surface area contributed by atoms with Crippen LogP contribution in [0.5, 0.6) is 0 Å². The average molecular weight is 436 g/mol. The van der Waals surface area contributed by atoms with Gasteiger partial charge in [0.15, 0.2) is 15.6 Å². The van der Waals surface area contributed by atoms with Crippen LogP contribution in [-0.4, -0.2) is 71.2 Å². The lowest BCUT2D eigenvalue weighted by Crippen LogP contribution is -2.38. The summed E-state index contributed by atoms with van der Waals surface area (Å²) in [4.78, 5) is 20.2. The van der Waals surface area contributed by atoms with E-state index in [-0.39, 0.29) is 12.4 Å². The van der Waals surface area contributed by atoms with E-state index in [1.807, 2.05) is 30.3 Å². The number of aromatic nitrogens is 1. The molecule has 0 aliphatic rings. The molecular formula is C19H21N3O3S3. The Bertz CT molecular complexity index is 948. The third-order valence-corrected chi connectivity index (χ3v) is 6.39. The van der Waals surface area contributed by atoms with Crippen molar-refractivity contribution in [1.82, 2.24) is 14.8 Å². The molecule has 0 radical (unpaired) electrons. The molecule has 6 nitrogen and oxygen atoms in total. The Morgan fingerprint density at radius 1 is 0.964 bits per heavy atom. The smallest absolute Gasteiger partial charge is 0.175 e. The number of pyridine rings is 1. The second-order valence-electron chi connectivity index (χ2n) is 6.30. The molecule has 1 heterocycles. The first-order valence-corrected chi connectivity index (χ1v) is 11.0. The quantitative estimate of drug-likeness (QED) is 0.583. The van der Waals surface area contributed by atoms with Gasteiger partial charge in [-0.1, -0.05) is 60.8 Å². The fourth-order valence-electron chi connectivity index (χ4n) is 2.51. The number of sulfone groups is 1. The van der Waals surface area contributed by atoms with Crippen LogP contribution in [0.15, 0.2) is 54.7 Å². The Balaban J connectivity index is 1.93. The van der Waals surface area contributed by atoms with E-state index in [1.54, 1.807) is 43.4 Å². The van der Waals surface area contributed by atoms with Crippen molar-refractivity contribution < 1.29 is 13.2 Å². The Morgan fingerprint density at radius 3 is 2.21 bits per heavy atom. The normalized spacial score (nSPS) is 10.9. The standard InChI is InChI=1S/C19H21N3O3S3/c1-21(18(26)15-8-4-3-5-9-15)12-16(23)13-28(24,25)14-22(2)19(27)17-10-6-7-11-20-17/h3-11H,12-14H2,1-2H3. The minimum atomic E-state index is -3.68. The monoisotopic (exact) mass is 435 g/mol. The maximum Gasteiger partial charge on any atom is 0.175 e. The van der Waals surface area contributed by atoms with E-state index in [4.69, 9.17) is 24.4 Å². The molecule has 28 heavy (non-hydrogen) atoms. The molecule has 0 atom stereocenters. The van der Waals surface area contributed by atoms with E-state index >= 15 is 0 Å². The first-order valence-electron chi connectivity index (χ1n) is 8.39. The van der Waals surface area contributed by atoms with Crippen LogP contribution in [0.2, 0.25) is 0 Å². The first-order chi connectivity index (χ1) is 13.2. The van der Waals surface area contributed by atoms with Gasteiger partial charge in [0.1, 0.15) is 21.6 Å². The number of nitrogens with zero attached hydrogens (tertiary/aromatic N) is 3. The molecule has 0 N–H and O–H groups in total. The molecule has 0 fully saturated rings. The van der Waals surface area contributed by atoms with Gasteiger partial charge in [0.25, 0.3) is 0 Å². The fraction of sp³-hybridized carbons (Fsp3) is 0.263. The first kappa shape index (κ1) is 22.1. The minimum absolute atomic E-state index is 0.0820. The molecule has 0 bridgehead atoms. The van der Waals surface area contributed by atoms with Gasteiger partial charge in [-0.05, 0) is 12.1 Å². The van der Waals surface area contributed by atoms with Crippen LogP contribution >= 0.6 is 24.4 Å². The van der Waals surface area contributed by atoms with Crippen molar-refractivity contribution in [3.05, 3.63) is 66.0 Å². The number of rotatable bonds is 8. The van der Waals surface area contributed by atoms with E-state index < -0.39 is 21.4 Å². The molecule has 2 aromatic rings. The van der Waals surface area contributed by atoms with Crippen LogP contribution in [0.4, 0.5) is 0 Å². The molecule has 0 unspecified atom stereocenters. The highest BCUT2D eigenvalue weighted by Crippen LogP contribution is 2.07. The number of likely N-dealkylation sites (N-methyl/N-ethyl adjacent to an activating group) is 1.